The van der Waals surface area contributed by atoms with E-state index in [2.05, 4.69) is 15.2 Å². The van der Waals surface area contributed by atoms with Gasteiger partial charge in [0.15, 0.2) is 5.96 Å². The third-order valence-corrected chi connectivity index (χ3v) is 5.49. The Morgan fingerprint density at radius 2 is 1.67 bits per heavy atom. The van der Waals surface area contributed by atoms with E-state index >= 15 is 0 Å². The molecule has 0 radical (unpaired) electrons. The summed E-state index contributed by atoms with van der Waals surface area (Å²) < 4.78 is 0. The van der Waals surface area contributed by atoms with Crippen molar-refractivity contribution in [2.24, 2.45) is 16.8 Å². The van der Waals surface area contributed by atoms with Crippen LogP contribution in [0.5, 0.6) is 0 Å². The number of aliphatic imine (C=N–C) groups is 1. The van der Waals surface area contributed by atoms with Crippen LogP contribution < -0.4 is 5.32 Å². The third kappa shape index (κ3) is 4.40. The van der Waals surface area contributed by atoms with Gasteiger partial charge in [0, 0.05) is 46.1 Å². The molecule has 136 valence electrons. The highest BCUT2D eigenvalue weighted by Gasteiger charge is 2.35. The van der Waals surface area contributed by atoms with Crippen LogP contribution in [-0.4, -0.2) is 60.8 Å². The van der Waals surface area contributed by atoms with Crippen molar-refractivity contribution in [3.63, 3.8) is 0 Å². The lowest BCUT2D eigenvalue weighted by atomic mass is 9.82. The Balaban J connectivity index is 0.00000208. The molecule has 24 heavy (non-hydrogen) atoms. The van der Waals surface area contributed by atoms with Crippen LogP contribution in [0, 0.1) is 11.8 Å². The summed E-state index contributed by atoms with van der Waals surface area (Å²) >= 11 is 0. The summed E-state index contributed by atoms with van der Waals surface area (Å²) in [5.41, 5.74) is 0. The smallest absolute Gasteiger partial charge is 0.229 e. The van der Waals surface area contributed by atoms with Crippen LogP contribution in [0.1, 0.15) is 44.9 Å². The predicted octanol–water partition coefficient (Wildman–Crippen LogP) is 1.84. The van der Waals surface area contributed by atoms with E-state index in [0.29, 0.717) is 32.4 Å². The zero-order valence-electron chi connectivity index (χ0n) is 14.5. The first-order valence-electron chi connectivity index (χ1n) is 8.98. The number of likely N-dealkylation sites (tertiary alicyclic amines) is 2. The van der Waals surface area contributed by atoms with Gasteiger partial charge in [-0.25, -0.2) is 0 Å². The van der Waals surface area contributed by atoms with Gasteiger partial charge in [-0.2, -0.15) is 0 Å². The largest absolute Gasteiger partial charge is 0.354 e. The lowest BCUT2D eigenvalue weighted by molar-refractivity contribution is -0.147. The zero-order chi connectivity index (χ0) is 16.2. The van der Waals surface area contributed by atoms with Crippen molar-refractivity contribution in [2.45, 2.75) is 44.9 Å². The summed E-state index contributed by atoms with van der Waals surface area (Å²) in [7, 11) is 1.81. The quantitative estimate of drug-likeness (QED) is 0.310. The molecule has 2 unspecified atom stereocenters. The molecule has 1 aliphatic carbocycles. The first-order valence-corrected chi connectivity index (χ1v) is 8.98. The Kier molecular flexibility index (Phi) is 7.31. The second-order valence-electron chi connectivity index (χ2n) is 6.98. The molecule has 2 amide bonds. The van der Waals surface area contributed by atoms with Crippen molar-refractivity contribution >= 4 is 41.8 Å². The van der Waals surface area contributed by atoms with Gasteiger partial charge in [-0.15, -0.1) is 24.0 Å². The molecule has 0 aromatic heterocycles. The molecule has 0 aromatic rings. The number of piperidine rings is 1. The maximum Gasteiger partial charge on any atom is 0.229 e. The number of nitrogens with one attached hydrogen (secondary N) is 1. The van der Waals surface area contributed by atoms with Gasteiger partial charge >= 0.3 is 0 Å². The summed E-state index contributed by atoms with van der Waals surface area (Å²) in [5.74, 6) is 2.46. The van der Waals surface area contributed by atoms with E-state index in [9.17, 15) is 9.59 Å². The monoisotopic (exact) mass is 448 g/mol. The zero-order valence-corrected chi connectivity index (χ0v) is 16.8. The molecule has 3 aliphatic rings. The molecule has 2 atom stereocenters. The SMILES string of the molecule is CN=C(NCCN1C(=O)CCCC1=O)N1CC2CCCCC2C1.I. The van der Waals surface area contributed by atoms with Crippen molar-refractivity contribution < 1.29 is 9.59 Å². The van der Waals surface area contributed by atoms with Crippen LogP contribution in [0.3, 0.4) is 0 Å². The molecule has 7 heteroatoms. The number of amides is 2. The number of carbonyl (C=O) groups excluding carboxylic acids is 2. The average Bonchev–Trinajstić information content (AvgIpc) is 2.97. The number of rotatable bonds is 3. The van der Waals surface area contributed by atoms with E-state index in [1.165, 1.54) is 30.6 Å². The fraction of sp³-hybridized carbons (Fsp3) is 0.824. The third-order valence-electron chi connectivity index (χ3n) is 5.49. The number of halogens is 1. The number of guanidine groups is 1. The Hall–Kier alpha value is -0.860. The van der Waals surface area contributed by atoms with E-state index in [4.69, 9.17) is 0 Å². The van der Waals surface area contributed by atoms with E-state index in [0.717, 1.165) is 30.9 Å². The summed E-state index contributed by atoms with van der Waals surface area (Å²) in [6.45, 7) is 3.20. The van der Waals surface area contributed by atoms with Crippen molar-refractivity contribution in [1.29, 1.82) is 0 Å². The normalized spacial score (nSPS) is 27.8. The number of hydrogen-bond donors (Lipinski definition) is 1. The highest BCUT2D eigenvalue weighted by atomic mass is 127. The van der Waals surface area contributed by atoms with Gasteiger partial charge in [0.25, 0.3) is 0 Å². The number of imide groups is 1. The number of hydrogen-bond acceptors (Lipinski definition) is 3. The molecule has 2 aliphatic heterocycles. The van der Waals surface area contributed by atoms with E-state index in [1.807, 2.05) is 7.05 Å². The second kappa shape index (κ2) is 9.01. The lowest BCUT2D eigenvalue weighted by Gasteiger charge is -2.26. The summed E-state index contributed by atoms with van der Waals surface area (Å²) in [6.07, 6.45) is 7.09. The van der Waals surface area contributed by atoms with Crippen molar-refractivity contribution in [1.82, 2.24) is 15.1 Å². The summed E-state index contributed by atoms with van der Waals surface area (Å²) in [6, 6.07) is 0. The van der Waals surface area contributed by atoms with Crippen LogP contribution in [0.25, 0.3) is 0 Å². The molecular formula is C17H29IN4O2. The van der Waals surface area contributed by atoms with Gasteiger partial charge in [0.05, 0.1) is 0 Å². The van der Waals surface area contributed by atoms with Crippen molar-refractivity contribution in [2.75, 3.05) is 33.2 Å². The molecule has 6 nitrogen and oxygen atoms in total. The van der Waals surface area contributed by atoms with Crippen LogP contribution in [-0.2, 0) is 9.59 Å². The first-order chi connectivity index (χ1) is 11.2. The maximum atomic E-state index is 11.8. The van der Waals surface area contributed by atoms with Crippen LogP contribution in [0.15, 0.2) is 4.99 Å². The minimum Gasteiger partial charge on any atom is -0.354 e. The molecule has 0 aromatic carbocycles. The number of carbonyl (C=O) groups is 2. The Morgan fingerprint density at radius 3 is 2.21 bits per heavy atom. The van der Waals surface area contributed by atoms with E-state index in [1.54, 1.807) is 0 Å². The topological polar surface area (TPSA) is 65.0 Å². The van der Waals surface area contributed by atoms with Crippen LogP contribution >= 0.6 is 24.0 Å². The van der Waals surface area contributed by atoms with Gasteiger partial charge < -0.3 is 10.2 Å². The molecule has 3 rings (SSSR count). The number of nitrogens with zero attached hydrogens (tertiary/aromatic N) is 3. The second-order valence-corrected chi connectivity index (χ2v) is 6.98. The van der Waals surface area contributed by atoms with Crippen LogP contribution in [0.2, 0.25) is 0 Å². The van der Waals surface area contributed by atoms with Gasteiger partial charge in [-0.1, -0.05) is 12.8 Å². The minimum absolute atomic E-state index is 0. The first kappa shape index (κ1) is 19.5. The van der Waals surface area contributed by atoms with Gasteiger partial charge in [-0.05, 0) is 31.1 Å². The van der Waals surface area contributed by atoms with Gasteiger partial charge in [0.1, 0.15) is 0 Å². The Morgan fingerprint density at radius 1 is 1.08 bits per heavy atom. The highest BCUT2D eigenvalue weighted by molar-refractivity contribution is 14.0. The molecule has 2 saturated heterocycles. The molecule has 1 saturated carbocycles. The number of fused-ring (bicyclic) bond motifs is 1. The summed E-state index contributed by atoms with van der Waals surface area (Å²) in [5, 5.41) is 3.34. The van der Waals surface area contributed by atoms with Crippen molar-refractivity contribution in [3.05, 3.63) is 0 Å². The fourth-order valence-corrected chi connectivity index (χ4v) is 4.24. The standard InChI is InChI=1S/C17H28N4O2.HI/c1-18-17(20-11-13-5-2-3-6-14(13)12-20)19-9-10-21-15(22)7-4-8-16(21)23;/h13-14H,2-12H2,1H3,(H,18,19);1H. The molecular weight excluding hydrogens is 419 g/mol. The lowest BCUT2D eigenvalue weighted by Crippen LogP contribution is -2.47. The Labute approximate surface area is 161 Å². The van der Waals surface area contributed by atoms with E-state index < -0.39 is 0 Å². The predicted molar refractivity (Wildman–Crippen MR) is 104 cm³/mol. The summed E-state index contributed by atoms with van der Waals surface area (Å²) in [4.78, 5) is 31.8. The minimum atomic E-state index is -0.0368. The van der Waals surface area contributed by atoms with E-state index in [-0.39, 0.29) is 35.8 Å². The molecule has 2 heterocycles. The molecule has 0 spiro atoms. The highest BCUT2D eigenvalue weighted by Crippen LogP contribution is 2.35. The molecule has 1 N–H and O–H groups in total. The van der Waals surface area contributed by atoms with Crippen molar-refractivity contribution in [3.8, 4) is 0 Å². The molecule has 0 bridgehead atoms. The van der Waals surface area contributed by atoms with Crippen LogP contribution in [0.4, 0.5) is 0 Å². The molecule has 3 fully saturated rings. The maximum absolute atomic E-state index is 11.8. The average molecular weight is 448 g/mol. The van der Waals surface area contributed by atoms with Gasteiger partial charge in [0.2, 0.25) is 11.8 Å². The Bertz CT molecular complexity index is 467. The van der Waals surface area contributed by atoms with Gasteiger partial charge in [-0.3, -0.25) is 19.5 Å². The fourth-order valence-electron chi connectivity index (χ4n) is 4.24.